The summed E-state index contributed by atoms with van der Waals surface area (Å²) < 4.78 is 0. The predicted molar refractivity (Wildman–Crippen MR) is 57.7 cm³/mol. The van der Waals surface area contributed by atoms with Crippen LogP contribution in [0.25, 0.3) is 0 Å². The number of carbonyl (C=O) groups excluding carboxylic acids is 1. The first-order chi connectivity index (χ1) is 7.04. The van der Waals surface area contributed by atoms with E-state index in [1.165, 1.54) is 0 Å². The average Bonchev–Trinajstić information content (AvgIpc) is 2.66. The van der Waals surface area contributed by atoms with Gasteiger partial charge in [-0.1, -0.05) is 20.8 Å². The van der Waals surface area contributed by atoms with Gasteiger partial charge in [0.05, 0.1) is 0 Å². The van der Waals surface area contributed by atoms with Gasteiger partial charge in [-0.15, -0.1) is 5.10 Å². The van der Waals surface area contributed by atoms with E-state index < -0.39 is 0 Å². The molecule has 0 spiro atoms. The SMILES string of the molecule is CCC(C)NC(=O)c1n[nH]c(C(C)C)n1. The van der Waals surface area contributed by atoms with Crippen LogP contribution in [0, 0.1) is 0 Å². The van der Waals surface area contributed by atoms with Gasteiger partial charge in [0.1, 0.15) is 5.82 Å². The maximum Gasteiger partial charge on any atom is 0.291 e. The molecule has 0 aliphatic carbocycles. The van der Waals surface area contributed by atoms with Crippen LogP contribution in [0.4, 0.5) is 0 Å². The fourth-order valence-electron chi connectivity index (χ4n) is 1.02. The summed E-state index contributed by atoms with van der Waals surface area (Å²) >= 11 is 0. The van der Waals surface area contributed by atoms with Crippen LogP contribution >= 0.6 is 0 Å². The molecule has 5 heteroatoms. The average molecular weight is 210 g/mol. The molecule has 0 fully saturated rings. The number of nitrogens with zero attached hydrogens (tertiary/aromatic N) is 2. The van der Waals surface area contributed by atoms with Crippen molar-refractivity contribution in [2.24, 2.45) is 0 Å². The maximum absolute atomic E-state index is 11.6. The lowest BCUT2D eigenvalue weighted by Crippen LogP contribution is -2.32. The van der Waals surface area contributed by atoms with Crippen LogP contribution < -0.4 is 5.32 Å². The monoisotopic (exact) mass is 210 g/mol. The molecular weight excluding hydrogens is 192 g/mol. The Morgan fingerprint density at radius 1 is 1.47 bits per heavy atom. The van der Waals surface area contributed by atoms with Crippen molar-refractivity contribution in [3.8, 4) is 0 Å². The standard InChI is InChI=1S/C10H18N4O/c1-5-7(4)11-10(15)9-12-8(6(2)3)13-14-9/h6-7H,5H2,1-4H3,(H,11,15)(H,12,13,14). The van der Waals surface area contributed by atoms with Crippen LogP contribution in [-0.2, 0) is 0 Å². The number of nitrogens with one attached hydrogen (secondary N) is 2. The molecule has 84 valence electrons. The highest BCUT2D eigenvalue weighted by Gasteiger charge is 2.14. The smallest absolute Gasteiger partial charge is 0.291 e. The van der Waals surface area contributed by atoms with E-state index in [2.05, 4.69) is 20.5 Å². The van der Waals surface area contributed by atoms with Crippen LogP contribution in [0.15, 0.2) is 0 Å². The summed E-state index contributed by atoms with van der Waals surface area (Å²) in [6.07, 6.45) is 0.896. The minimum Gasteiger partial charge on any atom is -0.347 e. The first kappa shape index (κ1) is 11.7. The normalized spacial score (nSPS) is 12.9. The number of amides is 1. The summed E-state index contributed by atoms with van der Waals surface area (Å²) in [4.78, 5) is 15.7. The number of rotatable bonds is 4. The zero-order valence-corrected chi connectivity index (χ0v) is 9.66. The predicted octanol–water partition coefficient (Wildman–Crippen LogP) is 1.46. The van der Waals surface area contributed by atoms with E-state index in [4.69, 9.17) is 0 Å². The molecule has 1 rings (SSSR count). The third-order valence-electron chi connectivity index (χ3n) is 2.24. The minimum absolute atomic E-state index is 0.151. The summed E-state index contributed by atoms with van der Waals surface area (Å²) in [6, 6.07) is 0.151. The molecule has 1 unspecified atom stereocenters. The van der Waals surface area contributed by atoms with Crippen molar-refractivity contribution < 1.29 is 4.79 Å². The van der Waals surface area contributed by atoms with E-state index in [-0.39, 0.29) is 23.7 Å². The first-order valence-corrected chi connectivity index (χ1v) is 5.27. The molecule has 0 saturated heterocycles. The number of hydrogen-bond donors (Lipinski definition) is 2. The highest BCUT2D eigenvalue weighted by Crippen LogP contribution is 2.07. The van der Waals surface area contributed by atoms with Gasteiger partial charge in [0.2, 0.25) is 5.82 Å². The number of H-pyrrole nitrogens is 1. The second kappa shape index (κ2) is 4.91. The van der Waals surface area contributed by atoms with Gasteiger partial charge in [-0.3, -0.25) is 9.89 Å². The molecular formula is C10H18N4O. The van der Waals surface area contributed by atoms with Gasteiger partial charge in [0.25, 0.3) is 5.91 Å². The molecule has 1 amide bonds. The van der Waals surface area contributed by atoms with E-state index in [1.54, 1.807) is 0 Å². The van der Waals surface area contributed by atoms with E-state index >= 15 is 0 Å². The topological polar surface area (TPSA) is 70.7 Å². The van der Waals surface area contributed by atoms with Crippen molar-refractivity contribution in [2.45, 2.75) is 46.1 Å². The summed E-state index contributed by atoms with van der Waals surface area (Å²) in [5, 5.41) is 9.45. The van der Waals surface area contributed by atoms with Gasteiger partial charge >= 0.3 is 0 Å². The third kappa shape index (κ3) is 3.04. The quantitative estimate of drug-likeness (QED) is 0.790. The lowest BCUT2D eigenvalue weighted by Gasteiger charge is -2.08. The summed E-state index contributed by atoms with van der Waals surface area (Å²) in [6.45, 7) is 7.96. The molecule has 1 atom stereocenters. The van der Waals surface area contributed by atoms with Crippen LogP contribution in [0.2, 0.25) is 0 Å². The van der Waals surface area contributed by atoms with Gasteiger partial charge in [0.15, 0.2) is 0 Å². The molecule has 1 aromatic rings. The summed E-state index contributed by atoms with van der Waals surface area (Å²) in [7, 11) is 0. The zero-order chi connectivity index (χ0) is 11.4. The van der Waals surface area contributed by atoms with Crippen LogP contribution in [0.5, 0.6) is 0 Å². The number of aromatic nitrogens is 3. The van der Waals surface area contributed by atoms with Crippen molar-refractivity contribution in [3.63, 3.8) is 0 Å². The molecule has 2 N–H and O–H groups in total. The van der Waals surface area contributed by atoms with Gasteiger partial charge < -0.3 is 5.32 Å². The largest absolute Gasteiger partial charge is 0.347 e. The molecule has 15 heavy (non-hydrogen) atoms. The molecule has 1 heterocycles. The fourth-order valence-corrected chi connectivity index (χ4v) is 1.02. The third-order valence-corrected chi connectivity index (χ3v) is 2.24. The molecule has 0 aliphatic rings. The molecule has 1 aromatic heterocycles. The van der Waals surface area contributed by atoms with Crippen molar-refractivity contribution in [2.75, 3.05) is 0 Å². The van der Waals surface area contributed by atoms with Gasteiger partial charge in [0, 0.05) is 12.0 Å². The molecule has 0 aromatic carbocycles. The van der Waals surface area contributed by atoms with Crippen LogP contribution in [0.3, 0.4) is 0 Å². The van der Waals surface area contributed by atoms with Crippen LogP contribution in [0.1, 0.15) is 56.5 Å². The zero-order valence-electron chi connectivity index (χ0n) is 9.66. The fraction of sp³-hybridized carbons (Fsp3) is 0.700. The maximum atomic E-state index is 11.6. The molecule has 0 bridgehead atoms. The Bertz CT molecular complexity index is 332. The summed E-state index contributed by atoms with van der Waals surface area (Å²) in [5.74, 6) is 0.999. The number of carbonyl (C=O) groups is 1. The lowest BCUT2D eigenvalue weighted by molar-refractivity contribution is 0.0929. The van der Waals surface area contributed by atoms with E-state index in [9.17, 15) is 4.79 Å². The van der Waals surface area contributed by atoms with Gasteiger partial charge in [-0.25, -0.2) is 4.98 Å². The van der Waals surface area contributed by atoms with E-state index in [1.807, 2.05) is 27.7 Å². The Kier molecular flexibility index (Phi) is 3.82. The van der Waals surface area contributed by atoms with Crippen LogP contribution in [-0.4, -0.2) is 27.1 Å². The Labute approximate surface area is 89.7 Å². The molecule has 0 saturated carbocycles. The minimum atomic E-state index is -0.215. The highest BCUT2D eigenvalue weighted by molar-refractivity contribution is 5.90. The first-order valence-electron chi connectivity index (χ1n) is 5.27. The molecule has 5 nitrogen and oxygen atoms in total. The lowest BCUT2D eigenvalue weighted by atomic mass is 10.2. The second-order valence-electron chi connectivity index (χ2n) is 3.98. The Balaban J connectivity index is 2.66. The van der Waals surface area contributed by atoms with Gasteiger partial charge in [-0.2, -0.15) is 0 Å². The van der Waals surface area contributed by atoms with Crippen molar-refractivity contribution in [3.05, 3.63) is 11.6 Å². The van der Waals surface area contributed by atoms with Gasteiger partial charge in [-0.05, 0) is 13.3 Å². The van der Waals surface area contributed by atoms with Crippen molar-refractivity contribution >= 4 is 5.91 Å². The van der Waals surface area contributed by atoms with E-state index in [0.717, 1.165) is 12.2 Å². The number of aromatic amines is 1. The Morgan fingerprint density at radius 3 is 2.60 bits per heavy atom. The molecule has 0 aliphatic heterocycles. The van der Waals surface area contributed by atoms with E-state index in [0.29, 0.717) is 0 Å². The Morgan fingerprint density at radius 2 is 2.13 bits per heavy atom. The molecule has 0 radical (unpaired) electrons. The Hall–Kier alpha value is -1.39. The summed E-state index contributed by atoms with van der Waals surface area (Å²) in [5.41, 5.74) is 0. The van der Waals surface area contributed by atoms with Crippen molar-refractivity contribution in [1.29, 1.82) is 0 Å². The van der Waals surface area contributed by atoms with Crippen molar-refractivity contribution in [1.82, 2.24) is 20.5 Å². The highest BCUT2D eigenvalue weighted by atomic mass is 16.2. The second-order valence-corrected chi connectivity index (χ2v) is 3.98. The number of hydrogen-bond acceptors (Lipinski definition) is 3.